The van der Waals surface area contributed by atoms with Crippen LogP contribution in [0.2, 0.25) is 10.0 Å². The van der Waals surface area contributed by atoms with Crippen LogP contribution in [0.3, 0.4) is 0 Å². The number of amides is 2. The van der Waals surface area contributed by atoms with Crippen LogP contribution in [-0.4, -0.2) is 47.6 Å². The van der Waals surface area contributed by atoms with E-state index in [1.165, 1.54) is 13.0 Å². The van der Waals surface area contributed by atoms with Gasteiger partial charge in [0.2, 0.25) is 11.8 Å². The van der Waals surface area contributed by atoms with Gasteiger partial charge in [0.15, 0.2) is 0 Å². The summed E-state index contributed by atoms with van der Waals surface area (Å²) in [6.45, 7) is 4.34. The number of nitrogens with one attached hydrogen (secondary N) is 1. The van der Waals surface area contributed by atoms with Gasteiger partial charge in [0.25, 0.3) is 0 Å². The van der Waals surface area contributed by atoms with Crippen molar-refractivity contribution in [2.45, 2.75) is 50.5 Å². The fourth-order valence-electron chi connectivity index (χ4n) is 3.13. The fraction of sp³-hybridized carbons (Fsp3) is 0.500. The molecule has 2 rings (SSSR count). The second-order valence-corrected chi connectivity index (χ2v) is 9.36. The monoisotopic (exact) mass is 485 g/mol. The lowest BCUT2D eigenvalue weighted by molar-refractivity contribution is -0.307. The maximum absolute atomic E-state index is 12.5. The molecule has 1 aliphatic rings. The summed E-state index contributed by atoms with van der Waals surface area (Å²) in [6.07, 6.45) is 6.27. The molecule has 2 amide bonds. The molecule has 1 aliphatic heterocycles. The van der Waals surface area contributed by atoms with E-state index in [9.17, 15) is 19.5 Å². The molecule has 0 aromatic heterocycles. The summed E-state index contributed by atoms with van der Waals surface area (Å²) in [6, 6.07) is 2.72. The van der Waals surface area contributed by atoms with E-state index in [1.54, 1.807) is 22.7 Å². The SMILES string of the molecule is CCCCSc1ccc(/C=C/C(=O)N2CCC(C(=O)N[C@@H](C)C(=O)[O-])CC2)c(Cl)c1Cl. The summed E-state index contributed by atoms with van der Waals surface area (Å²) in [5, 5.41) is 14.1. The van der Waals surface area contributed by atoms with E-state index in [-0.39, 0.29) is 17.7 Å². The van der Waals surface area contributed by atoms with Crippen molar-refractivity contribution in [1.82, 2.24) is 10.2 Å². The second-order valence-electron chi connectivity index (χ2n) is 7.47. The van der Waals surface area contributed by atoms with Gasteiger partial charge < -0.3 is 20.1 Å². The minimum absolute atomic E-state index is 0.171. The third-order valence-corrected chi connectivity index (χ3v) is 7.28. The third-order valence-electron chi connectivity index (χ3n) is 5.13. The summed E-state index contributed by atoms with van der Waals surface area (Å²) in [5.41, 5.74) is 0.672. The molecule has 0 spiro atoms. The number of piperidine rings is 1. The Kier molecular flexibility index (Phi) is 10.2. The van der Waals surface area contributed by atoms with Gasteiger partial charge in [0.05, 0.1) is 22.1 Å². The van der Waals surface area contributed by atoms with Crippen molar-refractivity contribution in [3.8, 4) is 0 Å². The van der Waals surface area contributed by atoms with Gasteiger partial charge in [0.1, 0.15) is 0 Å². The quantitative estimate of drug-likeness (QED) is 0.328. The molecule has 0 unspecified atom stereocenters. The number of carbonyl (C=O) groups is 3. The maximum Gasteiger partial charge on any atom is 0.246 e. The Bertz CT molecular complexity index is 839. The molecule has 170 valence electrons. The highest BCUT2D eigenvalue weighted by atomic mass is 35.5. The van der Waals surface area contributed by atoms with Gasteiger partial charge in [-0.2, -0.15) is 0 Å². The van der Waals surface area contributed by atoms with Gasteiger partial charge in [-0.25, -0.2) is 0 Å². The number of likely N-dealkylation sites (tertiary alicyclic amines) is 1. The number of carboxylic acids is 1. The molecule has 1 fully saturated rings. The number of halogens is 2. The summed E-state index contributed by atoms with van der Waals surface area (Å²) >= 11 is 14.4. The van der Waals surface area contributed by atoms with E-state index in [1.807, 2.05) is 12.1 Å². The number of unbranched alkanes of at least 4 members (excludes halogenated alkanes) is 1. The molecular formula is C22H27Cl2N2O4S-. The molecule has 1 atom stereocenters. The van der Waals surface area contributed by atoms with Crippen LogP contribution in [0.15, 0.2) is 23.1 Å². The van der Waals surface area contributed by atoms with E-state index in [4.69, 9.17) is 23.2 Å². The number of aliphatic carboxylic acids is 1. The predicted octanol–water partition coefficient (Wildman–Crippen LogP) is 3.39. The first-order chi connectivity index (χ1) is 14.7. The number of rotatable bonds is 9. The molecule has 1 saturated heterocycles. The molecule has 1 N–H and O–H groups in total. The van der Waals surface area contributed by atoms with Crippen molar-refractivity contribution in [2.75, 3.05) is 18.8 Å². The van der Waals surface area contributed by atoms with Crippen LogP contribution in [0.5, 0.6) is 0 Å². The van der Waals surface area contributed by atoms with Gasteiger partial charge in [-0.3, -0.25) is 9.59 Å². The zero-order valence-corrected chi connectivity index (χ0v) is 20.0. The Balaban J connectivity index is 1.91. The van der Waals surface area contributed by atoms with E-state index >= 15 is 0 Å². The van der Waals surface area contributed by atoms with Crippen molar-refractivity contribution in [1.29, 1.82) is 0 Å². The first kappa shape index (κ1) is 25.6. The average Bonchev–Trinajstić information content (AvgIpc) is 2.76. The predicted molar refractivity (Wildman–Crippen MR) is 123 cm³/mol. The lowest BCUT2D eigenvalue weighted by atomic mass is 9.95. The Labute approximate surface area is 197 Å². The molecule has 31 heavy (non-hydrogen) atoms. The smallest absolute Gasteiger partial charge is 0.246 e. The highest BCUT2D eigenvalue weighted by Gasteiger charge is 2.27. The van der Waals surface area contributed by atoms with Gasteiger partial charge in [-0.05, 0) is 49.6 Å². The Hall–Kier alpha value is -1.70. The van der Waals surface area contributed by atoms with Crippen molar-refractivity contribution in [3.05, 3.63) is 33.8 Å². The van der Waals surface area contributed by atoms with Crippen molar-refractivity contribution in [2.24, 2.45) is 5.92 Å². The Morgan fingerprint density at radius 3 is 2.55 bits per heavy atom. The molecule has 0 radical (unpaired) electrons. The average molecular weight is 486 g/mol. The van der Waals surface area contributed by atoms with E-state index in [0.29, 0.717) is 41.5 Å². The Morgan fingerprint density at radius 1 is 1.26 bits per heavy atom. The van der Waals surface area contributed by atoms with E-state index in [0.717, 1.165) is 23.5 Å². The van der Waals surface area contributed by atoms with Gasteiger partial charge in [-0.1, -0.05) is 42.6 Å². The maximum atomic E-state index is 12.5. The van der Waals surface area contributed by atoms with Crippen molar-refractivity contribution in [3.63, 3.8) is 0 Å². The molecular weight excluding hydrogens is 459 g/mol. The summed E-state index contributed by atoms with van der Waals surface area (Å²) in [5.74, 6) is -1.16. The van der Waals surface area contributed by atoms with Crippen molar-refractivity contribution < 1.29 is 19.5 Å². The number of carbonyl (C=O) groups excluding carboxylic acids is 3. The number of hydrogen-bond acceptors (Lipinski definition) is 5. The van der Waals surface area contributed by atoms with Crippen LogP contribution in [0.1, 0.15) is 45.1 Å². The Morgan fingerprint density at radius 2 is 1.94 bits per heavy atom. The fourth-order valence-corrected chi connectivity index (χ4v) is 4.80. The summed E-state index contributed by atoms with van der Waals surface area (Å²) < 4.78 is 0. The molecule has 9 heteroatoms. The first-order valence-corrected chi connectivity index (χ1v) is 12.1. The highest BCUT2D eigenvalue weighted by Crippen LogP contribution is 2.36. The van der Waals surface area contributed by atoms with Gasteiger partial charge >= 0.3 is 0 Å². The summed E-state index contributed by atoms with van der Waals surface area (Å²) in [4.78, 5) is 38.0. The number of carboxylic acid groups (broad SMARTS) is 1. The van der Waals surface area contributed by atoms with Crippen LogP contribution < -0.4 is 10.4 Å². The highest BCUT2D eigenvalue weighted by molar-refractivity contribution is 7.99. The van der Waals surface area contributed by atoms with Crippen LogP contribution >= 0.6 is 35.0 Å². The minimum Gasteiger partial charge on any atom is -0.548 e. The molecule has 0 saturated carbocycles. The molecule has 0 bridgehead atoms. The molecule has 1 aromatic rings. The molecule has 1 heterocycles. The lowest BCUT2D eigenvalue weighted by Gasteiger charge is -2.31. The zero-order valence-electron chi connectivity index (χ0n) is 17.7. The number of nitrogens with zero attached hydrogens (tertiary/aromatic N) is 1. The largest absolute Gasteiger partial charge is 0.548 e. The van der Waals surface area contributed by atoms with Crippen LogP contribution in [0.4, 0.5) is 0 Å². The number of hydrogen-bond donors (Lipinski definition) is 1. The lowest BCUT2D eigenvalue weighted by Crippen LogP contribution is -2.49. The normalized spacial score (nSPS) is 15.8. The van der Waals surface area contributed by atoms with Crippen LogP contribution in [0, 0.1) is 5.92 Å². The standard InChI is InChI=1S/C22H28Cl2N2O4S/c1-3-4-13-31-17-7-5-15(19(23)20(17)24)6-8-18(27)26-11-9-16(10-12-26)21(28)25-14(2)22(29)30/h5-8,14,16H,3-4,9-13H2,1-2H3,(H,25,28)(H,29,30)/p-1/b8-6+/t14-/m0/s1. The molecule has 1 aromatic carbocycles. The van der Waals surface area contributed by atoms with E-state index < -0.39 is 12.0 Å². The molecule has 6 nitrogen and oxygen atoms in total. The third kappa shape index (κ3) is 7.44. The number of thioether (sulfide) groups is 1. The molecule has 0 aliphatic carbocycles. The summed E-state index contributed by atoms with van der Waals surface area (Å²) in [7, 11) is 0. The first-order valence-electron chi connectivity index (χ1n) is 10.3. The van der Waals surface area contributed by atoms with Crippen LogP contribution in [-0.2, 0) is 14.4 Å². The second kappa shape index (κ2) is 12.4. The van der Waals surface area contributed by atoms with E-state index in [2.05, 4.69) is 12.2 Å². The van der Waals surface area contributed by atoms with Crippen molar-refractivity contribution >= 4 is 58.8 Å². The number of benzene rings is 1. The zero-order chi connectivity index (χ0) is 23.0. The van der Waals surface area contributed by atoms with Gasteiger partial charge in [-0.15, -0.1) is 11.8 Å². The topological polar surface area (TPSA) is 89.5 Å². The van der Waals surface area contributed by atoms with Gasteiger partial charge in [0, 0.05) is 30.0 Å². The van der Waals surface area contributed by atoms with Crippen LogP contribution in [0.25, 0.3) is 6.08 Å². The minimum atomic E-state index is -1.32.